The van der Waals surface area contributed by atoms with Gasteiger partial charge in [0.15, 0.2) is 14.2 Å². The highest BCUT2D eigenvalue weighted by Crippen LogP contribution is 2.24. The van der Waals surface area contributed by atoms with Crippen molar-refractivity contribution >= 4 is 11.4 Å². The summed E-state index contributed by atoms with van der Waals surface area (Å²) in [5.74, 6) is 0. The van der Waals surface area contributed by atoms with Gasteiger partial charge >= 0.3 is 11.4 Å². The van der Waals surface area contributed by atoms with Gasteiger partial charge in [-0.25, -0.2) is 9.68 Å². The molecule has 0 radical (unpaired) electrons. The van der Waals surface area contributed by atoms with Crippen molar-refractivity contribution in [2.45, 2.75) is 6.92 Å². The summed E-state index contributed by atoms with van der Waals surface area (Å²) in [5.41, 5.74) is 1.21. The molecule has 0 N–H and O–H groups in total. The maximum atomic E-state index is 11.2. The van der Waals surface area contributed by atoms with Crippen LogP contribution in [0, 0.1) is 16.7 Å². The molecule has 0 heterocycles. The summed E-state index contributed by atoms with van der Waals surface area (Å²) >= 11 is 0. The molecule has 0 aliphatic heterocycles. The summed E-state index contributed by atoms with van der Waals surface area (Å²) in [6, 6.07) is 4.58. The van der Waals surface area contributed by atoms with Crippen LogP contribution in [0.15, 0.2) is 18.2 Å². The number of hydrogen-bond donors (Lipinski definition) is 0. The first kappa shape index (κ1) is 11.1. The Morgan fingerprint density at radius 1 is 1.07 bits per heavy atom. The van der Waals surface area contributed by atoms with Crippen molar-refractivity contribution in [2.24, 2.45) is 0 Å². The zero-order chi connectivity index (χ0) is 11.4. The molecule has 0 atom stereocenters. The minimum Gasteiger partial charge on any atom is -0.230 e. The van der Waals surface area contributed by atoms with Gasteiger partial charge < -0.3 is 0 Å². The molecule has 0 saturated carbocycles. The molecule has 1 aromatic rings. The molecule has 1 rings (SSSR count). The van der Waals surface area contributed by atoms with E-state index < -0.39 is 0 Å². The molecule has 6 heteroatoms. The predicted molar refractivity (Wildman–Crippen MR) is 51.8 cm³/mol. The molecular formula is C9H12N2O4+2. The Bertz CT molecular complexity index is 403. The van der Waals surface area contributed by atoms with Crippen LogP contribution in [-0.2, 0) is 9.68 Å². The van der Waals surface area contributed by atoms with Gasteiger partial charge in [-0.3, -0.25) is 0 Å². The van der Waals surface area contributed by atoms with Crippen LogP contribution < -0.4 is 0 Å². The van der Waals surface area contributed by atoms with Crippen molar-refractivity contribution < 1.29 is 19.5 Å². The molecule has 15 heavy (non-hydrogen) atoms. The minimum atomic E-state index is 0.232. The van der Waals surface area contributed by atoms with Crippen molar-refractivity contribution in [3.05, 3.63) is 33.6 Å². The Morgan fingerprint density at radius 3 is 2.20 bits per heavy atom. The summed E-state index contributed by atoms with van der Waals surface area (Å²) in [6.45, 7) is 1.74. The van der Waals surface area contributed by atoms with E-state index >= 15 is 0 Å². The fourth-order valence-electron chi connectivity index (χ4n) is 1.11. The lowest BCUT2D eigenvalue weighted by Gasteiger charge is -1.93. The molecular weight excluding hydrogens is 200 g/mol. The third-order valence-electron chi connectivity index (χ3n) is 1.93. The fourth-order valence-corrected chi connectivity index (χ4v) is 1.11. The number of nitrogens with zero attached hydrogens (tertiary/aromatic N) is 2. The molecule has 0 amide bonds. The van der Waals surface area contributed by atoms with Crippen LogP contribution in [0.5, 0.6) is 0 Å². The second-order valence-electron chi connectivity index (χ2n) is 2.85. The maximum Gasteiger partial charge on any atom is 0.326 e. The second-order valence-corrected chi connectivity index (χ2v) is 2.85. The topological polar surface area (TPSA) is 58.6 Å². The molecule has 1 aromatic carbocycles. The van der Waals surface area contributed by atoms with Crippen LogP contribution in [0.4, 0.5) is 11.4 Å². The van der Waals surface area contributed by atoms with Crippen LogP contribution in [0.25, 0.3) is 0 Å². The van der Waals surface area contributed by atoms with E-state index in [4.69, 9.17) is 0 Å². The van der Waals surface area contributed by atoms with Crippen molar-refractivity contribution in [3.63, 3.8) is 0 Å². The normalized spacial score (nSPS) is 9.53. The van der Waals surface area contributed by atoms with Gasteiger partial charge in [-0.1, -0.05) is 0 Å². The van der Waals surface area contributed by atoms with Gasteiger partial charge in [0.05, 0.1) is 9.81 Å². The van der Waals surface area contributed by atoms with E-state index in [1.54, 1.807) is 19.1 Å². The lowest BCUT2D eigenvalue weighted by atomic mass is 10.2. The van der Waals surface area contributed by atoms with E-state index in [0.717, 1.165) is 0 Å². The lowest BCUT2D eigenvalue weighted by Crippen LogP contribution is -2.03. The summed E-state index contributed by atoms with van der Waals surface area (Å²) in [6.07, 6.45) is 0. The van der Waals surface area contributed by atoms with Gasteiger partial charge in [-0.15, -0.1) is 0 Å². The minimum absolute atomic E-state index is 0.232. The average Bonchev–Trinajstić information content (AvgIpc) is 2.27. The maximum absolute atomic E-state index is 11.2. The third kappa shape index (κ3) is 2.28. The Labute approximate surface area is 86.5 Å². The molecule has 0 bridgehead atoms. The zero-order valence-corrected chi connectivity index (χ0v) is 8.76. The van der Waals surface area contributed by atoms with E-state index in [9.17, 15) is 9.81 Å². The highest BCUT2D eigenvalue weighted by atomic mass is 16.8. The Morgan fingerprint density at radius 2 is 1.67 bits per heavy atom. The second kappa shape index (κ2) is 4.50. The number of hydrogen-bond acceptors (Lipinski definition) is 4. The summed E-state index contributed by atoms with van der Waals surface area (Å²) in [4.78, 5) is 32.0. The molecule has 6 nitrogen and oxygen atoms in total. The van der Waals surface area contributed by atoms with Gasteiger partial charge in [0.1, 0.15) is 6.07 Å². The zero-order valence-electron chi connectivity index (χ0n) is 8.76. The summed E-state index contributed by atoms with van der Waals surface area (Å²) in [5, 5.41) is 0. The first-order chi connectivity index (χ1) is 7.10. The van der Waals surface area contributed by atoms with E-state index in [-0.39, 0.29) is 11.4 Å². The quantitative estimate of drug-likeness (QED) is 0.715. The molecule has 0 unspecified atom stereocenters. The van der Waals surface area contributed by atoms with Gasteiger partial charge in [0.2, 0.25) is 0 Å². The Balaban J connectivity index is 3.16. The van der Waals surface area contributed by atoms with E-state index in [2.05, 4.69) is 9.68 Å². The highest BCUT2D eigenvalue weighted by Gasteiger charge is 2.25. The monoisotopic (exact) mass is 212 g/mol. The molecule has 0 aliphatic rings. The van der Waals surface area contributed by atoms with Gasteiger partial charge in [0, 0.05) is 11.6 Å². The smallest absolute Gasteiger partial charge is 0.230 e. The van der Waals surface area contributed by atoms with Crippen LogP contribution in [-0.4, -0.2) is 24.1 Å². The van der Waals surface area contributed by atoms with Crippen molar-refractivity contribution in [1.82, 2.24) is 0 Å². The molecule has 0 aliphatic carbocycles. The standard InChI is InChI=1S/C9H12N2O4/c1-7-4-5-8(10(12)14-2)6-9(7)11(13)15-3/h4-6H,1-3H3/q+2. The van der Waals surface area contributed by atoms with Crippen LogP contribution in [0.1, 0.15) is 5.56 Å². The number of aryl methyl sites for hydroxylation is 1. The average molecular weight is 212 g/mol. The van der Waals surface area contributed by atoms with E-state index in [1.165, 1.54) is 20.3 Å². The van der Waals surface area contributed by atoms with E-state index in [0.29, 0.717) is 15.4 Å². The van der Waals surface area contributed by atoms with Gasteiger partial charge in [-0.05, 0) is 13.0 Å². The Hall–Kier alpha value is -1.98. The first-order valence-corrected chi connectivity index (χ1v) is 4.23. The van der Waals surface area contributed by atoms with Crippen molar-refractivity contribution in [2.75, 3.05) is 14.2 Å². The predicted octanol–water partition coefficient (Wildman–Crippen LogP) is 1.94. The Kier molecular flexibility index (Phi) is 3.33. The van der Waals surface area contributed by atoms with Crippen LogP contribution >= 0.6 is 0 Å². The molecule has 0 saturated heterocycles. The van der Waals surface area contributed by atoms with E-state index in [1.807, 2.05) is 0 Å². The number of rotatable bonds is 4. The van der Waals surface area contributed by atoms with Crippen LogP contribution in [0.3, 0.4) is 0 Å². The van der Waals surface area contributed by atoms with Gasteiger partial charge in [-0.2, -0.15) is 0 Å². The molecule has 80 valence electrons. The summed E-state index contributed by atoms with van der Waals surface area (Å²) < 4.78 is 0. The molecule has 0 fully saturated rings. The van der Waals surface area contributed by atoms with Gasteiger partial charge in [0.25, 0.3) is 9.85 Å². The summed E-state index contributed by atoms with van der Waals surface area (Å²) in [7, 11) is 2.50. The van der Waals surface area contributed by atoms with Crippen LogP contribution in [0.2, 0.25) is 0 Å². The largest absolute Gasteiger partial charge is 0.326 e. The molecule has 0 spiro atoms. The fraction of sp³-hybridized carbons (Fsp3) is 0.333. The third-order valence-corrected chi connectivity index (χ3v) is 1.93. The van der Waals surface area contributed by atoms with Crippen molar-refractivity contribution in [1.29, 1.82) is 0 Å². The molecule has 0 aromatic heterocycles. The first-order valence-electron chi connectivity index (χ1n) is 4.23. The highest BCUT2D eigenvalue weighted by molar-refractivity contribution is 5.47. The lowest BCUT2D eigenvalue weighted by molar-refractivity contribution is -0.742. The van der Waals surface area contributed by atoms with Crippen molar-refractivity contribution in [3.8, 4) is 0 Å². The number of benzene rings is 1. The SMILES string of the molecule is CO[N+](=O)c1ccc(C)c([N+](=O)OC)c1.